The average molecular weight is 500 g/mol. The van der Waals surface area contributed by atoms with Crippen LogP contribution in [0.25, 0.3) is 0 Å². The number of hydrogen-bond acceptors (Lipinski definition) is 5. The first kappa shape index (κ1) is 22.2. The maximum atomic E-state index is 12.4. The topological polar surface area (TPSA) is 81.7 Å². The van der Waals surface area contributed by atoms with Crippen molar-refractivity contribution in [3.05, 3.63) is 29.8 Å². The monoisotopic (exact) mass is 499 g/mol. The van der Waals surface area contributed by atoms with Gasteiger partial charge in [0.05, 0.1) is 6.42 Å². The van der Waals surface area contributed by atoms with Crippen LogP contribution in [0.4, 0.5) is 8.78 Å². The average Bonchev–Trinajstić information content (AvgIpc) is 2.64. The van der Waals surface area contributed by atoms with E-state index in [9.17, 15) is 23.2 Å². The summed E-state index contributed by atoms with van der Waals surface area (Å²) in [4.78, 5) is 36.6. The number of imide groups is 1. The van der Waals surface area contributed by atoms with Crippen LogP contribution in [0.2, 0.25) is 0 Å². The third-order valence-electron chi connectivity index (χ3n) is 6.59. The van der Waals surface area contributed by atoms with Gasteiger partial charge >= 0.3 is 12.6 Å². The number of ether oxygens (including phenoxy) is 2. The Morgan fingerprint density at radius 1 is 1.10 bits per heavy atom. The van der Waals surface area contributed by atoms with Crippen LogP contribution in [-0.2, 0) is 14.3 Å². The van der Waals surface area contributed by atoms with Crippen molar-refractivity contribution in [3.8, 4) is 5.75 Å². The van der Waals surface area contributed by atoms with Gasteiger partial charge in [0.15, 0.2) is 6.61 Å². The van der Waals surface area contributed by atoms with Crippen molar-refractivity contribution in [1.29, 1.82) is 0 Å². The highest BCUT2D eigenvalue weighted by atomic mass is 79.9. The predicted octanol–water partition coefficient (Wildman–Crippen LogP) is 4.21. The predicted molar refractivity (Wildman–Crippen MR) is 110 cm³/mol. The van der Waals surface area contributed by atoms with Gasteiger partial charge in [0.2, 0.25) is 0 Å². The van der Waals surface area contributed by atoms with E-state index in [1.54, 1.807) is 0 Å². The largest absolute Gasteiger partial charge is 0.456 e. The van der Waals surface area contributed by atoms with Gasteiger partial charge in [-0.25, -0.2) is 0 Å². The minimum absolute atomic E-state index is 0.0565. The first-order chi connectivity index (χ1) is 14.6. The van der Waals surface area contributed by atoms with Crippen molar-refractivity contribution in [2.24, 2.45) is 17.3 Å². The third kappa shape index (κ3) is 5.25. The van der Waals surface area contributed by atoms with Crippen molar-refractivity contribution in [2.45, 2.75) is 55.9 Å². The number of benzene rings is 1. The summed E-state index contributed by atoms with van der Waals surface area (Å²) in [5.41, 5.74) is 0.0383. The first-order valence-electron chi connectivity index (χ1n) is 10.4. The summed E-state index contributed by atoms with van der Waals surface area (Å²) in [5, 5.41) is 2.13. The Morgan fingerprint density at radius 2 is 1.74 bits per heavy atom. The van der Waals surface area contributed by atoms with Crippen LogP contribution < -0.4 is 10.1 Å². The van der Waals surface area contributed by atoms with Crippen molar-refractivity contribution in [1.82, 2.24) is 5.32 Å². The molecule has 2 atom stereocenters. The van der Waals surface area contributed by atoms with Gasteiger partial charge in [0.1, 0.15) is 5.75 Å². The quantitative estimate of drug-likeness (QED) is 0.448. The minimum atomic E-state index is -2.96. The van der Waals surface area contributed by atoms with E-state index in [0.29, 0.717) is 18.3 Å². The second kappa shape index (κ2) is 8.48. The molecule has 1 aromatic rings. The summed E-state index contributed by atoms with van der Waals surface area (Å²) < 4.78 is 33.8. The zero-order valence-electron chi connectivity index (χ0n) is 16.9. The fourth-order valence-corrected chi connectivity index (χ4v) is 7.58. The number of carbonyl (C=O) groups is 3. The Hall–Kier alpha value is -2.03. The Morgan fingerprint density at radius 3 is 2.32 bits per heavy atom. The van der Waals surface area contributed by atoms with E-state index in [4.69, 9.17) is 4.74 Å². The normalized spacial score (nSPS) is 30.8. The maximum Gasteiger partial charge on any atom is 0.387 e. The van der Waals surface area contributed by atoms with Gasteiger partial charge in [-0.05, 0) is 80.0 Å². The van der Waals surface area contributed by atoms with Crippen molar-refractivity contribution in [2.75, 3.05) is 6.61 Å². The van der Waals surface area contributed by atoms with Crippen LogP contribution in [-0.4, -0.2) is 35.3 Å². The SMILES string of the molecule is O=C(COC(=O)CC12C[C@H]3C[C@@H](CC(Br)(C3)C1)C2)NC(=O)c1ccc(OC(F)F)cc1. The highest BCUT2D eigenvalue weighted by Gasteiger charge is 2.57. The lowest BCUT2D eigenvalue weighted by molar-refractivity contribution is -0.154. The van der Waals surface area contributed by atoms with Gasteiger partial charge in [-0.2, -0.15) is 8.78 Å². The summed E-state index contributed by atoms with van der Waals surface area (Å²) in [7, 11) is 0. The van der Waals surface area contributed by atoms with Gasteiger partial charge in [0.25, 0.3) is 11.8 Å². The van der Waals surface area contributed by atoms with Gasteiger partial charge < -0.3 is 9.47 Å². The molecule has 0 spiro atoms. The zero-order valence-corrected chi connectivity index (χ0v) is 18.5. The third-order valence-corrected chi connectivity index (χ3v) is 7.52. The van der Waals surface area contributed by atoms with Crippen LogP contribution in [0, 0.1) is 17.3 Å². The number of halogens is 3. The molecule has 0 aromatic heterocycles. The number of esters is 1. The lowest BCUT2D eigenvalue weighted by Gasteiger charge is -2.60. The number of amides is 2. The van der Waals surface area contributed by atoms with E-state index in [1.807, 2.05) is 0 Å². The molecule has 4 aliphatic carbocycles. The molecule has 0 saturated heterocycles. The van der Waals surface area contributed by atoms with Gasteiger partial charge in [-0.15, -0.1) is 0 Å². The highest BCUT2D eigenvalue weighted by Crippen LogP contribution is 2.65. The number of hydrogen-bond donors (Lipinski definition) is 1. The number of carbonyl (C=O) groups excluding carboxylic acids is 3. The summed E-state index contributed by atoms with van der Waals surface area (Å²) in [6, 6.07) is 4.92. The Labute approximate surface area is 187 Å². The highest BCUT2D eigenvalue weighted by molar-refractivity contribution is 9.10. The lowest BCUT2D eigenvalue weighted by Crippen LogP contribution is -2.53. The molecule has 1 N–H and O–H groups in total. The van der Waals surface area contributed by atoms with Crippen LogP contribution in [0.5, 0.6) is 5.75 Å². The number of alkyl halides is 3. The minimum Gasteiger partial charge on any atom is -0.456 e. The van der Waals surface area contributed by atoms with Crippen molar-refractivity contribution < 1.29 is 32.6 Å². The Kier molecular flexibility index (Phi) is 6.07. The fraction of sp³-hybridized carbons (Fsp3) is 0.591. The molecule has 6 nitrogen and oxygen atoms in total. The second-order valence-corrected chi connectivity index (χ2v) is 10.9. The standard InChI is InChI=1S/C22H24BrF2NO5/c23-22-8-13-5-14(9-22)7-21(6-13,12-22)10-18(28)30-11-17(27)26-19(29)15-1-3-16(4-2-15)31-20(24)25/h1-4,13-14,20H,5-12H2,(H,26,27,29)/t13-,14-,21?,22?/m1/s1. The van der Waals surface area contributed by atoms with Gasteiger partial charge in [-0.1, -0.05) is 15.9 Å². The molecule has 2 amide bonds. The van der Waals surface area contributed by atoms with E-state index in [0.717, 1.165) is 19.3 Å². The second-order valence-electron chi connectivity index (χ2n) is 9.23. The van der Waals surface area contributed by atoms with Crippen molar-refractivity contribution >= 4 is 33.7 Å². The summed E-state index contributed by atoms with van der Waals surface area (Å²) in [6.07, 6.45) is 6.88. The van der Waals surface area contributed by atoms with Crippen molar-refractivity contribution in [3.63, 3.8) is 0 Å². The molecule has 4 bridgehead atoms. The molecule has 9 heteroatoms. The van der Waals surface area contributed by atoms with Gasteiger partial charge in [0, 0.05) is 9.89 Å². The summed E-state index contributed by atoms with van der Waals surface area (Å²) in [6.45, 7) is -3.51. The molecule has 4 fully saturated rings. The summed E-state index contributed by atoms with van der Waals surface area (Å²) >= 11 is 3.91. The van der Waals surface area contributed by atoms with Crippen LogP contribution in [0.3, 0.4) is 0 Å². The summed E-state index contributed by atoms with van der Waals surface area (Å²) in [5.74, 6) is -0.685. The van der Waals surface area contributed by atoms with E-state index in [2.05, 4.69) is 26.0 Å². The van der Waals surface area contributed by atoms with Crippen LogP contribution in [0.1, 0.15) is 55.3 Å². The van der Waals surface area contributed by atoms with Crippen LogP contribution in [0.15, 0.2) is 24.3 Å². The molecule has 0 unspecified atom stereocenters. The molecule has 5 rings (SSSR count). The first-order valence-corrected chi connectivity index (χ1v) is 11.2. The molecular weight excluding hydrogens is 476 g/mol. The molecule has 4 aliphatic rings. The molecule has 1 aromatic carbocycles. The smallest absolute Gasteiger partial charge is 0.387 e. The molecule has 0 aliphatic heterocycles. The van der Waals surface area contributed by atoms with E-state index in [1.165, 1.54) is 43.5 Å². The maximum absolute atomic E-state index is 12.4. The molecule has 0 heterocycles. The molecule has 4 saturated carbocycles. The molecule has 0 radical (unpaired) electrons. The van der Waals surface area contributed by atoms with E-state index < -0.39 is 31.0 Å². The van der Waals surface area contributed by atoms with E-state index >= 15 is 0 Å². The fourth-order valence-electron chi connectivity index (χ4n) is 6.07. The van der Waals surface area contributed by atoms with Gasteiger partial charge in [-0.3, -0.25) is 19.7 Å². The molecule has 31 heavy (non-hydrogen) atoms. The number of rotatable bonds is 7. The van der Waals surface area contributed by atoms with Crippen LogP contribution >= 0.6 is 15.9 Å². The number of nitrogens with one attached hydrogen (secondary N) is 1. The lowest BCUT2D eigenvalue weighted by atomic mass is 9.49. The Bertz CT molecular complexity index is 861. The Balaban J connectivity index is 1.24. The zero-order chi connectivity index (χ0) is 22.2. The molecular formula is C22H24BrF2NO5. The van der Waals surface area contributed by atoms with E-state index in [-0.39, 0.29) is 21.1 Å². The molecule has 168 valence electrons.